The average Bonchev–Trinajstić information content (AvgIpc) is 2.79. The van der Waals surface area contributed by atoms with Gasteiger partial charge in [0.05, 0.1) is 6.61 Å². The quantitative estimate of drug-likeness (QED) is 0.338. The predicted octanol–water partition coefficient (Wildman–Crippen LogP) is -0.701. The normalized spacial score (nSPS) is 25.2. The summed E-state index contributed by atoms with van der Waals surface area (Å²) in [4.78, 5) is 23.8. The molecule has 0 unspecified atom stereocenters. The molecule has 3 rings (SSSR count). The molecule has 2 amide bonds. The van der Waals surface area contributed by atoms with Gasteiger partial charge >= 0.3 is 0 Å². The van der Waals surface area contributed by atoms with Crippen molar-refractivity contribution in [2.45, 2.75) is 37.6 Å². The first kappa shape index (κ1) is 23.6. The molecule has 1 aliphatic heterocycles. The van der Waals surface area contributed by atoms with E-state index in [9.17, 15) is 30.0 Å². The first-order valence-corrected chi connectivity index (χ1v) is 9.91. The number of carbonyl (C=O) groups is 2. The fraction of sp³-hybridized carbons (Fsp3) is 0.364. The molecule has 1 saturated heterocycles. The Kier molecular flexibility index (Phi) is 7.12. The Morgan fingerprint density at radius 2 is 1.72 bits per heavy atom. The molecule has 0 bridgehead atoms. The number of nitrogens with two attached hydrogens (primary N) is 1. The number of hydrogen-bond donors (Lipinski definition) is 6. The Morgan fingerprint density at radius 3 is 2.31 bits per heavy atom. The van der Waals surface area contributed by atoms with Crippen molar-refractivity contribution < 1.29 is 39.5 Å². The lowest BCUT2D eigenvalue weighted by molar-refractivity contribution is -0.277. The zero-order chi connectivity index (χ0) is 23.6. The van der Waals surface area contributed by atoms with Gasteiger partial charge in [-0.25, -0.2) is 0 Å². The van der Waals surface area contributed by atoms with Gasteiger partial charge in [-0.05, 0) is 53.9 Å². The third-order valence-corrected chi connectivity index (χ3v) is 5.31. The van der Waals surface area contributed by atoms with Crippen LogP contribution in [0.1, 0.15) is 26.3 Å². The Bertz CT molecular complexity index is 1010. The van der Waals surface area contributed by atoms with Crippen LogP contribution in [0.3, 0.4) is 0 Å². The molecule has 7 N–H and O–H groups in total. The Hall–Kier alpha value is -3.02. The highest BCUT2D eigenvalue weighted by Crippen LogP contribution is 2.30. The van der Waals surface area contributed by atoms with E-state index in [4.69, 9.17) is 15.2 Å². The smallest absolute Gasteiger partial charge is 0.251 e. The van der Waals surface area contributed by atoms with E-state index in [0.29, 0.717) is 22.4 Å². The maximum atomic E-state index is 12.1. The molecule has 10 nitrogen and oxygen atoms in total. The number of aliphatic hydroxyl groups excluding tert-OH is 4. The second-order valence-electron chi connectivity index (χ2n) is 7.54. The van der Waals surface area contributed by atoms with E-state index in [1.54, 1.807) is 37.3 Å². The molecule has 0 radical (unpaired) electrons. The molecule has 1 heterocycles. The molecule has 10 heteroatoms. The van der Waals surface area contributed by atoms with E-state index in [2.05, 4.69) is 5.32 Å². The zero-order valence-electron chi connectivity index (χ0n) is 17.6. The molecule has 5 atom stereocenters. The first-order chi connectivity index (χ1) is 15.2. The van der Waals surface area contributed by atoms with Gasteiger partial charge in [0, 0.05) is 18.2 Å². The molecule has 1 aliphatic rings. The Morgan fingerprint density at radius 1 is 1.03 bits per heavy atom. The molecule has 0 aromatic heterocycles. The van der Waals surface area contributed by atoms with Crippen LogP contribution >= 0.6 is 0 Å². The summed E-state index contributed by atoms with van der Waals surface area (Å²) in [6.45, 7) is 1.17. The van der Waals surface area contributed by atoms with Crippen molar-refractivity contribution in [3.8, 4) is 16.9 Å². The van der Waals surface area contributed by atoms with E-state index in [1.807, 2.05) is 0 Å². The van der Waals surface area contributed by atoms with Crippen molar-refractivity contribution in [3.05, 3.63) is 53.1 Å². The first-order valence-electron chi connectivity index (χ1n) is 9.91. The average molecular weight is 446 g/mol. The van der Waals surface area contributed by atoms with Crippen molar-refractivity contribution in [2.24, 2.45) is 5.73 Å². The molecule has 32 heavy (non-hydrogen) atoms. The van der Waals surface area contributed by atoms with Crippen LogP contribution < -0.4 is 15.8 Å². The second-order valence-corrected chi connectivity index (χ2v) is 7.54. The minimum absolute atomic E-state index is 0.181. The van der Waals surface area contributed by atoms with Crippen LogP contribution in [0.5, 0.6) is 5.75 Å². The number of ether oxygens (including phenoxy) is 2. The molecule has 172 valence electrons. The number of amides is 2. The Labute approximate surface area is 184 Å². The topological polar surface area (TPSA) is 172 Å². The number of aryl methyl sites for hydroxylation is 1. The second kappa shape index (κ2) is 9.63. The highest BCUT2D eigenvalue weighted by Gasteiger charge is 2.44. The minimum atomic E-state index is -1.55. The number of aliphatic hydroxyl groups is 4. The number of carbonyl (C=O) groups excluding carboxylic acids is 2. The van der Waals surface area contributed by atoms with E-state index < -0.39 is 43.2 Å². The van der Waals surface area contributed by atoms with E-state index in [1.165, 1.54) is 13.1 Å². The summed E-state index contributed by atoms with van der Waals surface area (Å²) >= 11 is 0. The van der Waals surface area contributed by atoms with Crippen LogP contribution in [-0.2, 0) is 4.74 Å². The number of rotatable bonds is 6. The third kappa shape index (κ3) is 4.74. The predicted molar refractivity (Wildman–Crippen MR) is 113 cm³/mol. The van der Waals surface area contributed by atoms with Crippen LogP contribution in [0.4, 0.5) is 0 Å². The summed E-state index contributed by atoms with van der Waals surface area (Å²) in [6.07, 6.45) is -6.96. The number of benzene rings is 2. The zero-order valence-corrected chi connectivity index (χ0v) is 17.6. The van der Waals surface area contributed by atoms with Gasteiger partial charge in [-0.3, -0.25) is 9.59 Å². The maximum Gasteiger partial charge on any atom is 0.251 e. The lowest BCUT2D eigenvalue weighted by Crippen LogP contribution is -2.60. The largest absolute Gasteiger partial charge is 0.462 e. The van der Waals surface area contributed by atoms with Crippen molar-refractivity contribution >= 4 is 11.8 Å². The highest BCUT2D eigenvalue weighted by atomic mass is 16.7. The molecular formula is C22H26N2O8. The van der Waals surface area contributed by atoms with Gasteiger partial charge in [0.15, 0.2) is 0 Å². The van der Waals surface area contributed by atoms with Gasteiger partial charge in [0.2, 0.25) is 12.2 Å². The molecule has 0 saturated carbocycles. The summed E-state index contributed by atoms with van der Waals surface area (Å²) in [5.74, 6) is -0.708. The molecule has 2 aromatic rings. The SMILES string of the molecule is CNC(=O)c1cc(C(N)=O)cc(-c2ccc(O[C@H]3O[C@H](CO)[C@@H](O)[C@H](O)[C@@H]3O)c(C)c2)c1. The van der Waals surface area contributed by atoms with Crippen LogP contribution in [0.2, 0.25) is 0 Å². The fourth-order valence-corrected chi connectivity index (χ4v) is 3.46. The van der Waals surface area contributed by atoms with Crippen LogP contribution in [0.25, 0.3) is 11.1 Å². The number of primary amides is 1. The van der Waals surface area contributed by atoms with Gasteiger partial charge in [-0.15, -0.1) is 0 Å². The molecular weight excluding hydrogens is 420 g/mol. The summed E-state index contributed by atoms with van der Waals surface area (Å²) in [5.41, 5.74) is 7.75. The number of nitrogens with one attached hydrogen (secondary N) is 1. The molecule has 1 fully saturated rings. The number of hydrogen-bond acceptors (Lipinski definition) is 8. The van der Waals surface area contributed by atoms with Crippen LogP contribution in [0, 0.1) is 6.92 Å². The standard InChI is InChI=1S/C22H26N2O8/c1-10-5-11(12-6-13(20(23)29)8-14(7-12)21(30)24-2)3-4-15(10)31-22-19(28)18(27)17(26)16(9-25)32-22/h3-8,16-19,22,25-28H,9H2,1-2H3,(H2,23,29)(H,24,30)/t16-,17-,18+,19+,22+/m1/s1. The van der Waals surface area contributed by atoms with Gasteiger partial charge in [0.25, 0.3) is 5.91 Å². The van der Waals surface area contributed by atoms with E-state index >= 15 is 0 Å². The molecule has 0 aliphatic carbocycles. The summed E-state index contributed by atoms with van der Waals surface area (Å²) in [5, 5.41) is 41.8. The fourth-order valence-electron chi connectivity index (χ4n) is 3.46. The van der Waals surface area contributed by atoms with Crippen molar-refractivity contribution in [1.82, 2.24) is 5.32 Å². The minimum Gasteiger partial charge on any atom is -0.462 e. The Balaban J connectivity index is 1.89. The van der Waals surface area contributed by atoms with Gasteiger partial charge in [-0.1, -0.05) is 6.07 Å². The van der Waals surface area contributed by atoms with Gasteiger partial charge < -0.3 is 41.0 Å². The van der Waals surface area contributed by atoms with Crippen LogP contribution in [0.15, 0.2) is 36.4 Å². The van der Waals surface area contributed by atoms with E-state index in [-0.39, 0.29) is 17.0 Å². The van der Waals surface area contributed by atoms with Crippen LogP contribution in [-0.4, -0.2) is 76.6 Å². The lowest BCUT2D eigenvalue weighted by atomic mass is 9.97. The van der Waals surface area contributed by atoms with Gasteiger partial charge in [-0.2, -0.15) is 0 Å². The van der Waals surface area contributed by atoms with E-state index in [0.717, 1.165) is 0 Å². The monoisotopic (exact) mass is 446 g/mol. The molecule has 2 aromatic carbocycles. The van der Waals surface area contributed by atoms with Crippen molar-refractivity contribution in [2.75, 3.05) is 13.7 Å². The maximum absolute atomic E-state index is 12.1. The lowest BCUT2D eigenvalue weighted by Gasteiger charge is -2.39. The highest BCUT2D eigenvalue weighted by molar-refractivity contribution is 6.00. The summed E-state index contributed by atoms with van der Waals surface area (Å²) < 4.78 is 11.1. The summed E-state index contributed by atoms with van der Waals surface area (Å²) in [6, 6.07) is 9.63. The molecule has 0 spiro atoms. The third-order valence-electron chi connectivity index (χ3n) is 5.31. The van der Waals surface area contributed by atoms with Crippen molar-refractivity contribution in [3.63, 3.8) is 0 Å². The summed E-state index contributed by atoms with van der Waals surface area (Å²) in [7, 11) is 1.48. The van der Waals surface area contributed by atoms with Crippen molar-refractivity contribution in [1.29, 1.82) is 0 Å². The van der Waals surface area contributed by atoms with Gasteiger partial charge in [0.1, 0.15) is 30.2 Å².